The summed E-state index contributed by atoms with van der Waals surface area (Å²) in [5.41, 5.74) is 0.906. The number of aryl methyl sites for hydroxylation is 1. The fourth-order valence-corrected chi connectivity index (χ4v) is 3.56. The van der Waals surface area contributed by atoms with E-state index in [9.17, 15) is 22.7 Å². The third-order valence-corrected chi connectivity index (χ3v) is 5.58. The van der Waals surface area contributed by atoms with Gasteiger partial charge in [-0.1, -0.05) is 11.6 Å². The van der Waals surface area contributed by atoms with Crippen LogP contribution >= 0.6 is 11.6 Å². The van der Waals surface area contributed by atoms with Crippen LogP contribution in [0.15, 0.2) is 36.7 Å². The lowest BCUT2D eigenvalue weighted by molar-refractivity contribution is 0.0687. The van der Waals surface area contributed by atoms with Crippen LogP contribution in [0, 0.1) is 29.9 Å². The highest BCUT2D eigenvalue weighted by molar-refractivity contribution is 6.35. The van der Waals surface area contributed by atoms with Gasteiger partial charge >= 0.3 is 0 Å². The van der Waals surface area contributed by atoms with Gasteiger partial charge in [0.25, 0.3) is 0 Å². The number of aromatic nitrogens is 4. The Bertz CT molecular complexity index is 1470. The van der Waals surface area contributed by atoms with Crippen molar-refractivity contribution in [2.45, 2.75) is 32.9 Å². The maximum atomic E-state index is 14.9. The van der Waals surface area contributed by atoms with Gasteiger partial charge in [0, 0.05) is 36.1 Å². The predicted molar refractivity (Wildman–Crippen MR) is 131 cm³/mol. The summed E-state index contributed by atoms with van der Waals surface area (Å²) in [6, 6.07) is 7.25. The van der Waals surface area contributed by atoms with Crippen molar-refractivity contribution >= 4 is 28.3 Å². The molecule has 7 nitrogen and oxygen atoms in total. The number of rotatable bonds is 5. The fraction of sp³-hybridized carbons (Fsp3) is 0.240. The zero-order valence-corrected chi connectivity index (χ0v) is 20.7. The number of hydrogen-bond acceptors (Lipinski definition) is 7. The SMILES string of the molecule is Cc1nc2cc(F)c(-c3cnc(C(C)(C)O)nc3)nc2c(NCc2cc(C#N)ccc2F)c1Cl.FCF. The van der Waals surface area contributed by atoms with Crippen LogP contribution in [0.2, 0.25) is 5.02 Å². The first kappa shape index (κ1) is 27.7. The van der Waals surface area contributed by atoms with E-state index in [1.165, 1.54) is 36.7 Å². The quantitative estimate of drug-likeness (QED) is 0.307. The van der Waals surface area contributed by atoms with Crippen molar-refractivity contribution in [3.05, 3.63) is 76.0 Å². The van der Waals surface area contributed by atoms with Crippen molar-refractivity contribution in [2.24, 2.45) is 0 Å². The molecule has 0 unspecified atom stereocenters. The second-order valence-corrected chi connectivity index (χ2v) is 8.68. The van der Waals surface area contributed by atoms with Gasteiger partial charge in [0.1, 0.15) is 22.6 Å². The maximum Gasteiger partial charge on any atom is 0.229 e. The Morgan fingerprint density at radius 1 is 1.08 bits per heavy atom. The highest BCUT2D eigenvalue weighted by Crippen LogP contribution is 2.34. The van der Waals surface area contributed by atoms with Gasteiger partial charge in [-0.2, -0.15) is 5.26 Å². The minimum absolute atomic E-state index is 0.0113. The highest BCUT2D eigenvalue weighted by atomic mass is 35.5. The molecule has 0 atom stereocenters. The van der Waals surface area contributed by atoms with E-state index in [0.29, 0.717) is 22.5 Å². The summed E-state index contributed by atoms with van der Waals surface area (Å²) in [6.07, 6.45) is 2.74. The molecule has 4 rings (SSSR count). The van der Waals surface area contributed by atoms with Gasteiger partial charge in [-0.25, -0.2) is 37.5 Å². The Morgan fingerprint density at radius 3 is 2.32 bits per heavy atom. The van der Waals surface area contributed by atoms with Crippen LogP contribution in [0.4, 0.5) is 23.2 Å². The van der Waals surface area contributed by atoms with Crippen molar-refractivity contribution in [3.8, 4) is 17.3 Å². The van der Waals surface area contributed by atoms with E-state index in [-0.39, 0.29) is 39.7 Å². The number of anilines is 1. The zero-order chi connectivity index (χ0) is 27.3. The summed E-state index contributed by atoms with van der Waals surface area (Å²) in [6.45, 7) is 3.01. The predicted octanol–water partition coefficient (Wildman–Crippen LogP) is 5.92. The monoisotopic (exact) mass is 532 g/mol. The molecule has 3 aromatic heterocycles. The van der Waals surface area contributed by atoms with Gasteiger partial charge in [-0.15, -0.1) is 0 Å². The van der Waals surface area contributed by atoms with Crippen LogP contribution < -0.4 is 5.32 Å². The summed E-state index contributed by atoms with van der Waals surface area (Å²) >= 11 is 6.49. The van der Waals surface area contributed by atoms with Crippen molar-refractivity contribution in [1.29, 1.82) is 5.26 Å². The van der Waals surface area contributed by atoms with E-state index >= 15 is 0 Å². The number of hydrogen-bond donors (Lipinski definition) is 2. The molecule has 0 bridgehead atoms. The minimum atomic E-state index is -1.75. The normalized spacial score (nSPS) is 11.0. The minimum Gasteiger partial charge on any atom is -0.382 e. The van der Waals surface area contributed by atoms with E-state index in [1.54, 1.807) is 20.8 Å². The number of nitriles is 1. The van der Waals surface area contributed by atoms with E-state index in [4.69, 9.17) is 16.9 Å². The molecule has 37 heavy (non-hydrogen) atoms. The highest BCUT2D eigenvalue weighted by Gasteiger charge is 2.21. The fourth-order valence-electron chi connectivity index (χ4n) is 3.36. The van der Waals surface area contributed by atoms with E-state index < -0.39 is 24.2 Å². The summed E-state index contributed by atoms with van der Waals surface area (Å²) < 4.78 is 48.5. The van der Waals surface area contributed by atoms with Gasteiger partial charge in [0.2, 0.25) is 6.93 Å². The number of benzene rings is 1. The average molecular weight is 533 g/mol. The lowest BCUT2D eigenvalue weighted by Gasteiger charge is -2.16. The van der Waals surface area contributed by atoms with Crippen LogP contribution in [0.25, 0.3) is 22.3 Å². The number of nitrogens with one attached hydrogen (secondary N) is 1. The summed E-state index contributed by atoms with van der Waals surface area (Å²) in [7, 11) is 0. The molecule has 0 radical (unpaired) electrons. The lowest BCUT2D eigenvalue weighted by atomic mass is 10.1. The molecule has 1 aromatic carbocycles. The van der Waals surface area contributed by atoms with E-state index in [1.807, 2.05) is 6.07 Å². The molecule has 2 N–H and O–H groups in total. The molecule has 0 aliphatic carbocycles. The number of nitrogens with zero attached hydrogens (tertiary/aromatic N) is 5. The molecular weight excluding hydrogens is 512 g/mol. The first-order chi connectivity index (χ1) is 17.5. The molecule has 0 aliphatic heterocycles. The summed E-state index contributed by atoms with van der Waals surface area (Å²) in [5.74, 6) is -0.941. The van der Waals surface area contributed by atoms with E-state index in [0.717, 1.165) is 0 Å². The molecule has 0 amide bonds. The standard InChI is InChI=1S/C24H19ClF2N6O.CH2F2/c1-12-19(25)22(29-9-14-6-13(8-28)4-5-16(14)26)21-18(32-12)7-17(27)20(33-21)15-10-30-23(31-11-15)24(2,3)34;2-1-3/h4-7,10-11,34H,9H2,1-3H3,(H,29,32);1H2. The maximum absolute atomic E-state index is 14.9. The first-order valence-electron chi connectivity index (χ1n) is 10.8. The van der Waals surface area contributed by atoms with Crippen molar-refractivity contribution in [2.75, 3.05) is 12.2 Å². The Balaban J connectivity index is 0.00000121. The third-order valence-electron chi connectivity index (χ3n) is 5.12. The zero-order valence-electron chi connectivity index (χ0n) is 20.0. The number of halogens is 5. The third kappa shape index (κ3) is 6.28. The van der Waals surface area contributed by atoms with Crippen LogP contribution in [-0.4, -0.2) is 32.0 Å². The van der Waals surface area contributed by atoms with Crippen molar-refractivity contribution in [1.82, 2.24) is 19.9 Å². The number of fused-ring (bicyclic) bond motifs is 1. The molecule has 12 heteroatoms. The molecule has 0 saturated carbocycles. The second-order valence-electron chi connectivity index (χ2n) is 8.30. The lowest BCUT2D eigenvalue weighted by Crippen LogP contribution is -2.19. The van der Waals surface area contributed by atoms with Gasteiger partial charge in [0.05, 0.1) is 33.6 Å². The first-order valence-corrected chi connectivity index (χ1v) is 11.1. The van der Waals surface area contributed by atoms with Crippen LogP contribution in [0.3, 0.4) is 0 Å². The average Bonchev–Trinajstić information content (AvgIpc) is 2.85. The van der Waals surface area contributed by atoms with Gasteiger partial charge < -0.3 is 10.4 Å². The van der Waals surface area contributed by atoms with E-state index in [2.05, 4.69) is 25.3 Å². The summed E-state index contributed by atoms with van der Waals surface area (Å²) in [4.78, 5) is 17.0. The topological polar surface area (TPSA) is 108 Å². The van der Waals surface area contributed by atoms with Crippen LogP contribution in [-0.2, 0) is 12.1 Å². The van der Waals surface area contributed by atoms with Crippen LogP contribution in [0.1, 0.15) is 36.5 Å². The van der Waals surface area contributed by atoms with Gasteiger partial charge in [0.15, 0.2) is 11.6 Å². The molecular formula is C25H21ClF4N6O. The molecule has 0 spiro atoms. The molecule has 0 aliphatic rings. The van der Waals surface area contributed by atoms with Crippen molar-refractivity contribution in [3.63, 3.8) is 0 Å². The molecule has 0 saturated heterocycles. The van der Waals surface area contributed by atoms with Gasteiger partial charge in [-0.3, -0.25) is 0 Å². The molecule has 3 heterocycles. The number of aliphatic hydroxyl groups is 1. The summed E-state index contributed by atoms with van der Waals surface area (Å²) in [5, 5.41) is 22.5. The Labute approximate surface area is 214 Å². The Hall–Kier alpha value is -3.88. The Kier molecular flexibility index (Phi) is 8.57. The second kappa shape index (κ2) is 11.5. The molecule has 0 fully saturated rings. The van der Waals surface area contributed by atoms with Crippen molar-refractivity contribution < 1.29 is 22.7 Å². The number of pyridine rings is 2. The molecule has 4 aromatic rings. The molecule has 192 valence electrons. The smallest absolute Gasteiger partial charge is 0.229 e. The largest absolute Gasteiger partial charge is 0.382 e. The Morgan fingerprint density at radius 2 is 1.73 bits per heavy atom. The number of alkyl halides is 2. The van der Waals surface area contributed by atoms with Crippen LogP contribution in [0.5, 0.6) is 0 Å². The van der Waals surface area contributed by atoms with Gasteiger partial charge in [-0.05, 0) is 39.0 Å².